The van der Waals surface area contributed by atoms with Crippen LogP contribution in [0.5, 0.6) is 0 Å². The normalized spacial score (nSPS) is 11.8. The Morgan fingerprint density at radius 3 is 2.25 bits per heavy atom. The summed E-state index contributed by atoms with van der Waals surface area (Å²) in [5.41, 5.74) is 0.554. The van der Waals surface area contributed by atoms with Gasteiger partial charge in [0.05, 0.1) is 15.6 Å². The first-order valence-electron chi connectivity index (χ1n) is 3.30. The molecule has 0 aromatic heterocycles. The minimum Gasteiger partial charge on any atom is -0.624 e. The van der Waals surface area contributed by atoms with Crippen LogP contribution in [-0.2, 0) is 0 Å². The number of rotatable bonds is 1. The zero-order valence-electron chi connectivity index (χ0n) is 6.42. The molecule has 1 aromatic rings. The van der Waals surface area contributed by atoms with Gasteiger partial charge in [-0.25, -0.2) is 4.74 Å². The fraction of sp³-hybridized carbons (Fsp3) is 0.125. The third kappa shape index (κ3) is 2.13. The van der Waals surface area contributed by atoms with Crippen molar-refractivity contribution in [2.24, 2.45) is 0 Å². The molecule has 0 atom stereocenters. The Morgan fingerprint density at radius 1 is 1.33 bits per heavy atom. The summed E-state index contributed by atoms with van der Waals surface area (Å²) in [6.45, 7) is 0. The molecule has 0 fully saturated rings. The molecule has 0 N–H and O–H groups in total. The monoisotopic (exact) mass is 203 g/mol. The standard InChI is InChI=1S/C8H7Cl2NO/c1-11(12)5-6-7(9)3-2-4-8(6)10/h2-5H,1H3. The second-order valence-corrected chi connectivity index (χ2v) is 3.13. The Hall–Kier alpha value is -0.730. The maximum Gasteiger partial charge on any atom is 0.184 e. The van der Waals surface area contributed by atoms with E-state index >= 15 is 0 Å². The molecule has 0 aliphatic heterocycles. The van der Waals surface area contributed by atoms with Crippen molar-refractivity contribution in [3.8, 4) is 0 Å². The summed E-state index contributed by atoms with van der Waals surface area (Å²) in [5, 5.41) is 11.6. The van der Waals surface area contributed by atoms with Crippen LogP contribution in [0.2, 0.25) is 10.0 Å². The zero-order valence-corrected chi connectivity index (χ0v) is 7.93. The average Bonchev–Trinajstić information content (AvgIpc) is 1.97. The van der Waals surface area contributed by atoms with E-state index in [0.29, 0.717) is 20.3 Å². The largest absolute Gasteiger partial charge is 0.624 e. The number of halogens is 2. The van der Waals surface area contributed by atoms with Crippen molar-refractivity contribution >= 4 is 29.4 Å². The molecular weight excluding hydrogens is 197 g/mol. The minimum absolute atomic E-state index is 0.477. The van der Waals surface area contributed by atoms with Crippen LogP contribution in [0.25, 0.3) is 0 Å². The molecule has 1 rings (SSSR count). The Kier molecular flexibility index (Phi) is 2.95. The molecule has 0 aliphatic rings. The molecule has 64 valence electrons. The summed E-state index contributed by atoms with van der Waals surface area (Å²) in [4.78, 5) is 0. The van der Waals surface area contributed by atoms with E-state index in [9.17, 15) is 5.21 Å². The van der Waals surface area contributed by atoms with Crippen LogP contribution in [-0.4, -0.2) is 18.0 Å². The lowest BCUT2D eigenvalue weighted by molar-refractivity contribution is -0.416. The van der Waals surface area contributed by atoms with E-state index in [1.54, 1.807) is 18.2 Å². The van der Waals surface area contributed by atoms with E-state index in [-0.39, 0.29) is 0 Å². The number of hydroxylamine groups is 1. The number of nitrogens with zero attached hydrogens (tertiary/aromatic N) is 1. The van der Waals surface area contributed by atoms with Crippen LogP contribution >= 0.6 is 23.2 Å². The predicted molar refractivity (Wildman–Crippen MR) is 51.2 cm³/mol. The molecule has 0 radical (unpaired) electrons. The van der Waals surface area contributed by atoms with Crippen LogP contribution in [0.1, 0.15) is 5.56 Å². The highest BCUT2D eigenvalue weighted by Crippen LogP contribution is 2.21. The number of benzene rings is 1. The fourth-order valence-electron chi connectivity index (χ4n) is 0.816. The zero-order chi connectivity index (χ0) is 9.14. The molecule has 12 heavy (non-hydrogen) atoms. The SMILES string of the molecule is C[N+]([O-])=Cc1c(Cl)cccc1Cl. The lowest BCUT2D eigenvalue weighted by Crippen LogP contribution is -1.98. The Balaban J connectivity index is 3.22. The van der Waals surface area contributed by atoms with E-state index in [1.807, 2.05) is 0 Å². The van der Waals surface area contributed by atoms with Crippen molar-refractivity contribution in [2.75, 3.05) is 7.05 Å². The molecule has 0 bridgehead atoms. The number of hydrogen-bond donors (Lipinski definition) is 0. The average molecular weight is 204 g/mol. The third-order valence-electron chi connectivity index (χ3n) is 1.31. The minimum atomic E-state index is 0.477. The molecule has 0 spiro atoms. The van der Waals surface area contributed by atoms with Gasteiger partial charge in [-0.15, -0.1) is 0 Å². The predicted octanol–water partition coefficient (Wildman–Crippen LogP) is 2.55. The summed E-state index contributed by atoms with van der Waals surface area (Å²) in [7, 11) is 1.37. The maximum absolute atomic E-state index is 10.7. The van der Waals surface area contributed by atoms with E-state index in [1.165, 1.54) is 13.3 Å². The van der Waals surface area contributed by atoms with Gasteiger partial charge in [0.1, 0.15) is 7.05 Å². The van der Waals surface area contributed by atoms with Gasteiger partial charge in [-0.1, -0.05) is 29.3 Å². The Bertz CT molecular complexity index is 299. The molecule has 0 saturated heterocycles. The first-order chi connectivity index (χ1) is 5.61. The van der Waals surface area contributed by atoms with Crippen LogP contribution < -0.4 is 0 Å². The van der Waals surface area contributed by atoms with Gasteiger partial charge in [-0.05, 0) is 12.1 Å². The highest BCUT2D eigenvalue weighted by molar-refractivity contribution is 6.38. The second kappa shape index (κ2) is 3.78. The van der Waals surface area contributed by atoms with Crippen molar-refractivity contribution in [3.05, 3.63) is 39.0 Å². The smallest absolute Gasteiger partial charge is 0.184 e. The van der Waals surface area contributed by atoms with Crippen molar-refractivity contribution in [1.82, 2.24) is 0 Å². The van der Waals surface area contributed by atoms with E-state index < -0.39 is 0 Å². The summed E-state index contributed by atoms with van der Waals surface area (Å²) < 4.78 is 0.660. The topological polar surface area (TPSA) is 26.1 Å². The van der Waals surface area contributed by atoms with Crippen molar-refractivity contribution < 1.29 is 4.74 Å². The quantitative estimate of drug-likeness (QED) is 0.298. The van der Waals surface area contributed by atoms with Gasteiger partial charge in [-0.2, -0.15) is 0 Å². The van der Waals surface area contributed by atoms with Crippen LogP contribution in [0.3, 0.4) is 0 Å². The van der Waals surface area contributed by atoms with Gasteiger partial charge in [0, 0.05) is 0 Å². The van der Waals surface area contributed by atoms with E-state index in [0.717, 1.165) is 0 Å². The first-order valence-corrected chi connectivity index (χ1v) is 4.05. The van der Waals surface area contributed by atoms with Gasteiger partial charge >= 0.3 is 0 Å². The molecule has 0 aliphatic carbocycles. The molecule has 0 amide bonds. The summed E-state index contributed by atoms with van der Waals surface area (Å²) >= 11 is 11.6. The molecule has 1 aromatic carbocycles. The molecule has 0 heterocycles. The Morgan fingerprint density at radius 2 is 1.83 bits per heavy atom. The van der Waals surface area contributed by atoms with Crippen LogP contribution in [0.4, 0.5) is 0 Å². The van der Waals surface area contributed by atoms with Crippen molar-refractivity contribution in [1.29, 1.82) is 0 Å². The molecule has 4 heteroatoms. The van der Waals surface area contributed by atoms with Crippen molar-refractivity contribution in [3.63, 3.8) is 0 Å². The Labute approximate surface area is 80.6 Å². The van der Waals surface area contributed by atoms with Gasteiger partial charge in [0.25, 0.3) is 0 Å². The van der Waals surface area contributed by atoms with Gasteiger partial charge in [-0.3, -0.25) is 0 Å². The van der Waals surface area contributed by atoms with Gasteiger partial charge in [0.2, 0.25) is 0 Å². The molecule has 2 nitrogen and oxygen atoms in total. The van der Waals surface area contributed by atoms with Crippen LogP contribution in [0.15, 0.2) is 18.2 Å². The molecular formula is C8H7Cl2NO. The summed E-state index contributed by atoms with van der Waals surface area (Å²) in [5.74, 6) is 0. The van der Waals surface area contributed by atoms with Crippen LogP contribution in [0, 0.1) is 5.21 Å². The van der Waals surface area contributed by atoms with E-state index in [4.69, 9.17) is 23.2 Å². The van der Waals surface area contributed by atoms with Gasteiger partial charge in [0.15, 0.2) is 6.21 Å². The molecule has 0 saturated carbocycles. The van der Waals surface area contributed by atoms with E-state index in [2.05, 4.69) is 0 Å². The number of hydrogen-bond acceptors (Lipinski definition) is 1. The first kappa shape index (κ1) is 9.36. The lowest BCUT2D eigenvalue weighted by Gasteiger charge is -2.00. The van der Waals surface area contributed by atoms with Gasteiger partial charge < -0.3 is 5.21 Å². The highest BCUT2D eigenvalue weighted by Gasteiger charge is 2.04. The summed E-state index contributed by atoms with van der Waals surface area (Å²) in [6.07, 6.45) is 1.34. The summed E-state index contributed by atoms with van der Waals surface area (Å²) in [6, 6.07) is 5.10. The lowest BCUT2D eigenvalue weighted by atomic mass is 10.2. The van der Waals surface area contributed by atoms with Crippen molar-refractivity contribution in [2.45, 2.75) is 0 Å². The second-order valence-electron chi connectivity index (χ2n) is 2.31. The fourth-order valence-corrected chi connectivity index (χ4v) is 1.31. The maximum atomic E-state index is 10.7. The highest BCUT2D eigenvalue weighted by atomic mass is 35.5. The third-order valence-corrected chi connectivity index (χ3v) is 1.97. The molecule has 0 unspecified atom stereocenters.